The van der Waals surface area contributed by atoms with E-state index in [0.29, 0.717) is 0 Å². The fourth-order valence-electron chi connectivity index (χ4n) is 3.74. The Morgan fingerprint density at radius 1 is 0.750 bits per heavy atom. The van der Waals surface area contributed by atoms with E-state index in [1.165, 1.54) is 32.7 Å². The summed E-state index contributed by atoms with van der Waals surface area (Å²) in [4.78, 5) is 0. The summed E-state index contributed by atoms with van der Waals surface area (Å²) in [6.07, 6.45) is 0. The van der Waals surface area contributed by atoms with Crippen molar-refractivity contribution < 1.29 is 9.47 Å². The quantitative estimate of drug-likeness (QED) is 0.286. The van der Waals surface area contributed by atoms with Crippen molar-refractivity contribution in [1.29, 1.82) is 0 Å². The van der Waals surface area contributed by atoms with Gasteiger partial charge in [0.15, 0.2) is 6.79 Å². The average Bonchev–Trinajstić information content (AvgIpc) is 2.69. The fraction of sp³-hybridized carbons (Fsp3) is 0.231. The summed E-state index contributed by atoms with van der Waals surface area (Å²) in [5.74, 6) is 0.844. The fourth-order valence-corrected chi connectivity index (χ4v) is 3.74. The Balaban J connectivity index is 2.10. The highest BCUT2D eigenvalue weighted by Crippen LogP contribution is 2.42. The average molecular weight is 370 g/mol. The number of rotatable bonds is 4. The molecule has 0 aliphatic heterocycles. The van der Waals surface area contributed by atoms with Gasteiger partial charge in [0.05, 0.1) is 0 Å². The van der Waals surface area contributed by atoms with E-state index in [1.807, 2.05) is 0 Å². The minimum Gasteiger partial charge on any atom is -0.467 e. The van der Waals surface area contributed by atoms with Gasteiger partial charge in [-0.1, -0.05) is 75.4 Å². The molecule has 0 heterocycles. The smallest absolute Gasteiger partial charge is 0.188 e. The number of fused-ring (bicyclic) bond motifs is 2. The van der Waals surface area contributed by atoms with Crippen molar-refractivity contribution in [2.45, 2.75) is 26.2 Å². The molecule has 0 amide bonds. The van der Waals surface area contributed by atoms with Crippen LogP contribution in [0.25, 0.3) is 32.7 Å². The van der Waals surface area contributed by atoms with Gasteiger partial charge in [0.2, 0.25) is 0 Å². The van der Waals surface area contributed by atoms with Gasteiger partial charge in [0, 0.05) is 18.2 Å². The van der Waals surface area contributed by atoms with Crippen LogP contribution in [0.1, 0.15) is 26.3 Å². The van der Waals surface area contributed by atoms with Crippen LogP contribution in [0.4, 0.5) is 0 Å². The molecule has 2 nitrogen and oxygen atoms in total. The SMILES string of the molecule is COCOc1ccc(C(C)(C)C)cc1-c1c2ccccc2cc2ccccc12. The highest BCUT2D eigenvalue weighted by atomic mass is 16.7. The van der Waals surface area contributed by atoms with Crippen LogP contribution in [0.2, 0.25) is 0 Å². The minimum absolute atomic E-state index is 0.0505. The highest BCUT2D eigenvalue weighted by Gasteiger charge is 2.19. The maximum Gasteiger partial charge on any atom is 0.188 e. The molecule has 0 radical (unpaired) electrons. The van der Waals surface area contributed by atoms with Gasteiger partial charge < -0.3 is 9.47 Å². The molecule has 0 spiro atoms. The van der Waals surface area contributed by atoms with E-state index in [4.69, 9.17) is 9.47 Å². The molecular weight excluding hydrogens is 344 g/mol. The monoisotopic (exact) mass is 370 g/mol. The van der Waals surface area contributed by atoms with E-state index in [1.54, 1.807) is 7.11 Å². The first kappa shape index (κ1) is 18.5. The lowest BCUT2D eigenvalue weighted by atomic mass is 9.83. The normalized spacial score (nSPS) is 11.9. The lowest BCUT2D eigenvalue weighted by molar-refractivity contribution is 0.0515. The van der Waals surface area contributed by atoms with Crippen LogP contribution in [0.3, 0.4) is 0 Å². The van der Waals surface area contributed by atoms with Gasteiger partial charge in [0.1, 0.15) is 5.75 Å². The minimum atomic E-state index is 0.0505. The van der Waals surface area contributed by atoms with E-state index >= 15 is 0 Å². The van der Waals surface area contributed by atoms with E-state index < -0.39 is 0 Å². The molecular formula is C26H26O2. The van der Waals surface area contributed by atoms with Gasteiger partial charge in [-0.25, -0.2) is 0 Å². The van der Waals surface area contributed by atoms with Gasteiger partial charge >= 0.3 is 0 Å². The maximum absolute atomic E-state index is 5.98. The number of methoxy groups -OCH3 is 1. The third kappa shape index (κ3) is 3.36. The topological polar surface area (TPSA) is 18.5 Å². The first-order valence-corrected chi connectivity index (χ1v) is 9.66. The predicted octanol–water partition coefficient (Wildman–Crippen LogP) is 6.94. The predicted molar refractivity (Wildman–Crippen MR) is 118 cm³/mol. The van der Waals surface area contributed by atoms with Crippen LogP contribution in [0.15, 0.2) is 72.8 Å². The Morgan fingerprint density at radius 3 is 1.93 bits per heavy atom. The third-order valence-electron chi connectivity index (χ3n) is 5.22. The van der Waals surface area contributed by atoms with Crippen LogP contribution in [-0.4, -0.2) is 13.9 Å². The molecule has 4 aromatic rings. The van der Waals surface area contributed by atoms with E-state index in [-0.39, 0.29) is 12.2 Å². The lowest BCUT2D eigenvalue weighted by Gasteiger charge is -2.23. The zero-order chi connectivity index (χ0) is 19.7. The van der Waals surface area contributed by atoms with Crippen molar-refractivity contribution in [1.82, 2.24) is 0 Å². The molecule has 142 valence electrons. The molecule has 0 aliphatic rings. The Morgan fingerprint density at radius 2 is 1.36 bits per heavy atom. The Labute approximate surface area is 166 Å². The van der Waals surface area contributed by atoms with E-state index in [2.05, 4.69) is 93.6 Å². The molecule has 2 heteroatoms. The van der Waals surface area contributed by atoms with Gasteiger partial charge in [-0.05, 0) is 50.7 Å². The second-order valence-corrected chi connectivity index (χ2v) is 8.21. The second kappa shape index (κ2) is 7.29. The van der Waals surface area contributed by atoms with Crippen molar-refractivity contribution in [3.63, 3.8) is 0 Å². The molecule has 4 rings (SSSR count). The van der Waals surface area contributed by atoms with Crippen molar-refractivity contribution in [2.75, 3.05) is 13.9 Å². The summed E-state index contributed by atoms with van der Waals surface area (Å²) in [7, 11) is 1.65. The van der Waals surface area contributed by atoms with Gasteiger partial charge in [-0.15, -0.1) is 0 Å². The summed E-state index contributed by atoms with van der Waals surface area (Å²) in [5.41, 5.74) is 3.65. The summed E-state index contributed by atoms with van der Waals surface area (Å²) < 4.78 is 11.2. The Bertz CT molecular complexity index is 1080. The summed E-state index contributed by atoms with van der Waals surface area (Å²) in [6.45, 7) is 6.94. The standard InChI is InChI=1S/C26H26O2/c1-26(2,3)20-13-14-24(28-17-27-4)23(16-20)25-21-11-7-5-9-18(21)15-19-10-6-8-12-22(19)25/h5-16H,17H2,1-4H3. The molecule has 0 bridgehead atoms. The number of ether oxygens (including phenoxy) is 2. The molecule has 4 aromatic carbocycles. The molecule has 0 saturated heterocycles. The van der Waals surface area contributed by atoms with Crippen LogP contribution < -0.4 is 4.74 Å². The zero-order valence-electron chi connectivity index (χ0n) is 17.0. The lowest BCUT2D eigenvalue weighted by Crippen LogP contribution is -2.11. The first-order valence-electron chi connectivity index (χ1n) is 9.66. The third-order valence-corrected chi connectivity index (χ3v) is 5.22. The summed E-state index contributed by atoms with van der Waals surface area (Å²) in [6, 6.07) is 25.9. The zero-order valence-corrected chi connectivity index (χ0v) is 17.0. The Hall–Kier alpha value is -2.84. The summed E-state index contributed by atoms with van der Waals surface area (Å²) in [5, 5.41) is 4.93. The van der Waals surface area contributed by atoms with Crippen molar-refractivity contribution in [2.24, 2.45) is 0 Å². The maximum atomic E-state index is 5.98. The number of benzene rings is 4. The van der Waals surface area contributed by atoms with Crippen LogP contribution in [0.5, 0.6) is 5.75 Å². The molecule has 28 heavy (non-hydrogen) atoms. The summed E-state index contributed by atoms with van der Waals surface area (Å²) >= 11 is 0. The first-order chi connectivity index (χ1) is 13.5. The molecule has 0 aliphatic carbocycles. The van der Waals surface area contributed by atoms with Crippen LogP contribution in [-0.2, 0) is 10.2 Å². The van der Waals surface area contributed by atoms with E-state index in [9.17, 15) is 0 Å². The molecule has 0 N–H and O–H groups in total. The van der Waals surface area contributed by atoms with Crippen LogP contribution >= 0.6 is 0 Å². The van der Waals surface area contributed by atoms with Crippen LogP contribution in [0, 0.1) is 0 Å². The molecule has 0 saturated carbocycles. The molecule has 0 aromatic heterocycles. The molecule has 0 fully saturated rings. The van der Waals surface area contributed by atoms with Gasteiger partial charge in [-0.2, -0.15) is 0 Å². The van der Waals surface area contributed by atoms with E-state index in [0.717, 1.165) is 11.3 Å². The molecule has 0 atom stereocenters. The number of hydrogen-bond acceptors (Lipinski definition) is 2. The number of hydrogen-bond donors (Lipinski definition) is 0. The highest BCUT2D eigenvalue weighted by molar-refractivity contribution is 6.13. The van der Waals surface area contributed by atoms with Crippen molar-refractivity contribution >= 4 is 21.5 Å². The Kier molecular flexibility index (Phi) is 4.82. The van der Waals surface area contributed by atoms with Crippen molar-refractivity contribution in [3.8, 4) is 16.9 Å². The molecule has 0 unspecified atom stereocenters. The largest absolute Gasteiger partial charge is 0.467 e. The van der Waals surface area contributed by atoms with Gasteiger partial charge in [-0.3, -0.25) is 0 Å². The second-order valence-electron chi connectivity index (χ2n) is 8.21. The van der Waals surface area contributed by atoms with Crippen molar-refractivity contribution in [3.05, 3.63) is 78.4 Å². The van der Waals surface area contributed by atoms with Gasteiger partial charge in [0.25, 0.3) is 0 Å².